The van der Waals surface area contributed by atoms with Crippen LogP contribution in [-0.4, -0.2) is 5.11 Å². The van der Waals surface area contributed by atoms with Crippen LogP contribution in [0.15, 0.2) is 48.5 Å². The van der Waals surface area contributed by atoms with Crippen molar-refractivity contribution in [1.29, 1.82) is 0 Å². The van der Waals surface area contributed by atoms with Gasteiger partial charge in [0.2, 0.25) is 0 Å². The third kappa shape index (κ3) is 3.25. The van der Waals surface area contributed by atoms with Crippen molar-refractivity contribution in [2.45, 2.75) is 20.0 Å². The summed E-state index contributed by atoms with van der Waals surface area (Å²) < 4.78 is 5.68. The Morgan fingerprint density at radius 3 is 2.53 bits per heavy atom. The average molecular weight is 228 g/mol. The number of phenolic OH excluding ortho intramolecular Hbond substituents is 1. The third-order valence-corrected chi connectivity index (χ3v) is 2.62. The first kappa shape index (κ1) is 11.5. The second-order valence-corrected chi connectivity index (χ2v) is 3.96. The van der Waals surface area contributed by atoms with Gasteiger partial charge < -0.3 is 9.84 Å². The van der Waals surface area contributed by atoms with Gasteiger partial charge in [-0.25, -0.2) is 0 Å². The number of aromatic hydroxyl groups is 1. The fraction of sp³-hybridized carbons (Fsp3) is 0.200. The van der Waals surface area contributed by atoms with Crippen molar-refractivity contribution in [3.63, 3.8) is 0 Å². The molecule has 2 heteroatoms. The maximum absolute atomic E-state index is 9.34. The fourth-order valence-electron chi connectivity index (χ4n) is 1.67. The van der Waals surface area contributed by atoms with E-state index in [2.05, 4.69) is 13.0 Å². The van der Waals surface area contributed by atoms with Gasteiger partial charge in [-0.1, -0.05) is 31.2 Å². The molecule has 0 spiro atoms. The summed E-state index contributed by atoms with van der Waals surface area (Å²) in [5, 5.41) is 9.34. The van der Waals surface area contributed by atoms with Gasteiger partial charge in [-0.3, -0.25) is 0 Å². The van der Waals surface area contributed by atoms with E-state index in [0.717, 1.165) is 17.7 Å². The van der Waals surface area contributed by atoms with Crippen LogP contribution in [0.1, 0.15) is 18.1 Å². The van der Waals surface area contributed by atoms with Crippen LogP contribution in [0, 0.1) is 0 Å². The van der Waals surface area contributed by atoms with Gasteiger partial charge in [-0.2, -0.15) is 0 Å². The molecular weight excluding hydrogens is 212 g/mol. The molecule has 0 unspecified atom stereocenters. The van der Waals surface area contributed by atoms with E-state index in [1.54, 1.807) is 12.1 Å². The van der Waals surface area contributed by atoms with E-state index in [1.807, 2.05) is 30.3 Å². The van der Waals surface area contributed by atoms with E-state index >= 15 is 0 Å². The van der Waals surface area contributed by atoms with Gasteiger partial charge in [-0.05, 0) is 41.8 Å². The normalized spacial score (nSPS) is 10.2. The van der Waals surface area contributed by atoms with Crippen LogP contribution >= 0.6 is 0 Å². The van der Waals surface area contributed by atoms with Crippen LogP contribution in [0.5, 0.6) is 11.5 Å². The average Bonchev–Trinajstić information content (AvgIpc) is 2.37. The second kappa shape index (κ2) is 5.39. The van der Waals surface area contributed by atoms with Gasteiger partial charge in [0.15, 0.2) is 0 Å². The summed E-state index contributed by atoms with van der Waals surface area (Å²) in [7, 11) is 0. The third-order valence-electron chi connectivity index (χ3n) is 2.62. The Morgan fingerprint density at radius 2 is 1.76 bits per heavy atom. The maximum Gasteiger partial charge on any atom is 0.120 e. The van der Waals surface area contributed by atoms with Crippen molar-refractivity contribution < 1.29 is 9.84 Å². The number of benzene rings is 2. The highest BCUT2D eigenvalue weighted by Gasteiger charge is 1.98. The molecule has 0 saturated heterocycles. The minimum Gasteiger partial charge on any atom is -0.508 e. The predicted octanol–water partition coefficient (Wildman–Crippen LogP) is 3.53. The quantitative estimate of drug-likeness (QED) is 0.867. The second-order valence-electron chi connectivity index (χ2n) is 3.96. The molecule has 2 nitrogen and oxygen atoms in total. The highest BCUT2D eigenvalue weighted by molar-refractivity contribution is 5.30. The Balaban J connectivity index is 2.02. The lowest BCUT2D eigenvalue weighted by atomic mass is 10.2. The first-order valence-electron chi connectivity index (χ1n) is 5.77. The zero-order valence-electron chi connectivity index (χ0n) is 9.89. The number of phenols is 1. The standard InChI is InChI=1S/C15H16O2/c1-2-12-5-4-8-15(10-12)17-11-13-6-3-7-14(16)9-13/h3-10,16H,2,11H2,1H3. The summed E-state index contributed by atoms with van der Waals surface area (Å²) >= 11 is 0. The first-order chi connectivity index (χ1) is 8.28. The monoisotopic (exact) mass is 228 g/mol. The lowest BCUT2D eigenvalue weighted by molar-refractivity contribution is 0.305. The molecule has 17 heavy (non-hydrogen) atoms. The topological polar surface area (TPSA) is 29.5 Å². The van der Waals surface area contributed by atoms with Crippen molar-refractivity contribution in [3.8, 4) is 11.5 Å². The predicted molar refractivity (Wildman–Crippen MR) is 68.3 cm³/mol. The summed E-state index contributed by atoms with van der Waals surface area (Å²) in [5.41, 5.74) is 2.23. The Bertz CT molecular complexity index is 492. The molecule has 2 aromatic carbocycles. The molecule has 0 radical (unpaired) electrons. The lowest BCUT2D eigenvalue weighted by Crippen LogP contribution is -1.95. The number of hydrogen-bond donors (Lipinski definition) is 1. The number of aryl methyl sites for hydroxylation is 1. The molecular formula is C15H16O2. The van der Waals surface area contributed by atoms with E-state index in [-0.39, 0.29) is 5.75 Å². The molecule has 0 fully saturated rings. The van der Waals surface area contributed by atoms with Gasteiger partial charge in [0.1, 0.15) is 18.1 Å². The minimum atomic E-state index is 0.272. The van der Waals surface area contributed by atoms with Crippen LogP contribution in [0.25, 0.3) is 0 Å². The number of rotatable bonds is 4. The van der Waals surface area contributed by atoms with Gasteiger partial charge in [0.25, 0.3) is 0 Å². The Labute approximate surface area is 101 Å². The molecule has 0 aliphatic heterocycles. The smallest absolute Gasteiger partial charge is 0.120 e. The summed E-state index contributed by atoms with van der Waals surface area (Å²) in [6.07, 6.45) is 1.00. The van der Waals surface area contributed by atoms with Gasteiger partial charge in [-0.15, -0.1) is 0 Å². The molecule has 0 saturated carbocycles. The molecule has 0 amide bonds. The molecule has 88 valence electrons. The molecule has 0 heterocycles. The number of hydrogen-bond acceptors (Lipinski definition) is 2. The lowest BCUT2D eigenvalue weighted by Gasteiger charge is -2.07. The van der Waals surface area contributed by atoms with Crippen LogP contribution in [0.2, 0.25) is 0 Å². The zero-order valence-corrected chi connectivity index (χ0v) is 9.89. The van der Waals surface area contributed by atoms with E-state index in [4.69, 9.17) is 4.74 Å². The van der Waals surface area contributed by atoms with Gasteiger partial charge in [0, 0.05) is 0 Å². The van der Waals surface area contributed by atoms with E-state index in [0.29, 0.717) is 6.61 Å². The molecule has 2 aromatic rings. The van der Waals surface area contributed by atoms with Crippen LogP contribution in [-0.2, 0) is 13.0 Å². The SMILES string of the molecule is CCc1cccc(OCc2cccc(O)c2)c1. The van der Waals surface area contributed by atoms with E-state index in [9.17, 15) is 5.11 Å². The Kier molecular flexibility index (Phi) is 3.66. The summed E-state index contributed by atoms with van der Waals surface area (Å²) in [5.74, 6) is 1.14. The maximum atomic E-state index is 9.34. The molecule has 0 aromatic heterocycles. The summed E-state index contributed by atoms with van der Waals surface area (Å²) in [4.78, 5) is 0. The van der Waals surface area contributed by atoms with Crippen LogP contribution < -0.4 is 4.74 Å². The van der Waals surface area contributed by atoms with E-state index in [1.165, 1.54) is 5.56 Å². The molecule has 0 aliphatic carbocycles. The van der Waals surface area contributed by atoms with Crippen molar-refractivity contribution in [2.75, 3.05) is 0 Å². The van der Waals surface area contributed by atoms with Crippen LogP contribution in [0.3, 0.4) is 0 Å². The van der Waals surface area contributed by atoms with Crippen molar-refractivity contribution in [2.24, 2.45) is 0 Å². The molecule has 0 bridgehead atoms. The fourth-order valence-corrected chi connectivity index (χ4v) is 1.67. The summed E-state index contributed by atoms with van der Waals surface area (Å²) in [6.45, 7) is 2.59. The van der Waals surface area contributed by atoms with E-state index < -0.39 is 0 Å². The van der Waals surface area contributed by atoms with Crippen molar-refractivity contribution in [3.05, 3.63) is 59.7 Å². The Morgan fingerprint density at radius 1 is 1.00 bits per heavy atom. The molecule has 1 N–H and O–H groups in total. The van der Waals surface area contributed by atoms with Crippen LogP contribution in [0.4, 0.5) is 0 Å². The molecule has 0 aliphatic rings. The Hall–Kier alpha value is -1.96. The minimum absolute atomic E-state index is 0.272. The molecule has 0 atom stereocenters. The van der Waals surface area contributed by atoms with Gasteiger partial charge in [0.05, 0.1) is 0 Å². The first-order valence-corrected chi connectivity index (χ1v) is 5.77. The highest BCUT2D eigenvalue weighted by atomic mass is 16.5. The largest absolute Gasteiger partial charge is 0.508 e. The van der Waals surface area contributed by atoms with Crippen molar-refractivity contribution >= 4 is 0 Å². The zero-order chi connectivity index (χ0) is 12.1. The number of ether oxygens (including phenoxy) is 1. The highest BCUT2D eigenvalue weighted by Crippen LogP contribution is 2.17. The van der Waals surface area contributed by atoms with Gasteiger partial charge >= 0.3 is 0 Å². The molecule has 2 rings (SSSR count). The van der Waals surface area contributed by atoms with Crippen molar-refractivity contribution in [1.82, 2.24) is 0 Å². The summed E-state index contributed by atoms with van der Waals surface area (Å²) in [6, 6.07) is 15.2.